The molecule has 2 rings (SSSR count). The highest BCUT2D eigenvalue weighted by Gasteiger charge is 2.41. The van der Waals surface area contributed by atoms with E-state index < -0.39 is 5.54 Å². The number of amides is 3. The number of hydrogen-bond acceptors (Lipinski definition) is 4. The van der Waals surface area contributed by atoms with Gasteiger partial charge in [0.25, 0.3) is 0 Å². The van der Waals surface area contributed by atoms with Gasteiger partial charge in [-0.1, -0.05) is 32.3 Å². The van der Waals surface area contributed by atoms with E-state index in [0.717, 1.165) is 30.6 Å². The molecule has 27 heavy (non-hydrogen) atoms. The van der Waals surface area contributed by atoms with Crippen LogP contribution in [0.25, 0.3) is 0 Å². The van der Waals surface area contributed by atoms with Gasteiger partial charge in [-0.2, -0.15) is 0 Å². The predicted molar refractivity (Wildman–Crippen MR) is 107 cm³/mol. The van der Waals surface area contributed by atoms with E-state index in [0.29, 0.717) is 13.0 Å². The molecule has 0 spiro atoms. The van der Waals surface area contributed by atoms with Crippen LogP contribution in [0.3, 0.4) is 0 Å². The van der Waals surface area contributed by atoms with Crippen molar-refractivity contribution in [3.63, 3.8) is 0 Å². The number of nitrogens with one attached hydrogen (secondary N) is 2. The Balaban J connectivity index is 2.19. The lowest BCUT2D eigenvalue weighted by atomic mass is 9.91. The lowest BCUT2D eigenvalue weighted by Crippen LogP contribution is -2.61. The van der Waals surface area contributed by atoms with E-state index in [-0.39, 0.29) is 30.3 Å². The van der Waals surface area contributed by atoms with E-state index in [1.165, 1.54) is 13.3 Å². The summed E-state index contributed by atoms with van der Waals surface area (Å²) < 4.78 is 0. The smallest absolute Gasteiger partial charge is 0.245 e. The molecule has 1 fully saturated rings. The quantitative estimate of drug-likeness (QED) is 0.713. The number of hydrogen-bond donors (Lipinski definition) is 2. The minimum Gasteiger partial charge on any atom is -0.351 e. The fraction of sp³-hybridized carbons (Fsp3) is 0.650. The summed E-state index contributed by atoms with van der Waals surface area (Å²) in [5.41, 5.74) is -0.961. The molecule has 1 aromatic rings. The SMILES string of the molecule is CC[C@@](C)(C(=O)NC1CCCCC1)N(Cc1cccs1)C(=O)CNC(C)=O. The lowest BCUT2D eigenvalue weighted by molar-refractivity contribution is -0.148. The Hall–Kier alpha value is -1.89. The molecule has 1 atom stereocenters. The largest absolute Gasteiger partial charge is 0.351 e. The van der Waals surface area contributed by atoms with Crippen molar-refractivity contribution in [3.8, 4) is 0 Å². The molecule has 1 saturated carbocycles. The first-order chi connectivity index (χ1) is 12.9. The molecule has 7 heteroatoms. The average molecular weight is 394 g/mol. The van der Waals surface area contributed by atoms with E-state index in [1.807, 2.05) is 31.4 Å². The number of carbonyl (C=O) groups is 3. The van der Waals surface area contributed by atoms with E-state index >= 15 is 0 Å². The van der Waals surface area contributed by atoms with Gasteiger partial charge in [-0.25, -0.2) is 0 Å². The second-order valence-electron chi connectivity index (χ2n) is 7.40. The summed E-state index contributed by atoms with van der Waals surface area (Å²) in [4.78, 5) is 40.0. The maximum absolute atomic E-state index is 13.2. The van der Waals surface area contributed by atoms with E-state index in [1.54, 1.807) is 16.2 Å². The maximum atomic E-state index is 13.2. The first kappa shape index (κ1) is 21.4. The summed E-state index contributed by atoms with van der Waals surface area (Å²) in [6, 6.07) is 4.08. The van der Waals surface area contributed by atoms with Crippen molar-refractivity contribution < 1.29 is 14.4 Å². The lowest BCUT2D eigenvalue weighted by Gasteiger charge is -2.40. The van der Waals surface area contributed by atoms with Gasteiger partial charge in [-0.05, 0) is 37.6 Å². The van der Waals surface area contributed by atoms with Gasteiger partial charge >= 0.3 is 0 Å². The standard InChI is InChI=1S/C20H31N3O3S/c1-4-20(3,19(26)22-16-9-6-5-7-10-16)23(14-17-11-8-12-27-17)18(25)13-21-15(2)24/h8,11-12,16H,4-7,9-10,13-14H2,1-3H3,(H,21,24)(H,22,26)/t20-/m0/s1. The molecular formula is C20H31N3O3S. The molecule has 0 aromatic carbocycles. The Morgan fingerprint density at radius 2 is 1.96 bits per heavy atom. The molecular weight excluding hydrogens is 362 g/mol. The van der Waals surface area contributed by atoms with Gasteiger partial charge in [-0.3, -0.25) is 14.4 Å². The topological polar surface area (TPSA) is 78.5 Å². The summed E-state index contributed by atoms with van der Waals surface area (Å²) in [7, 11) is 0. The maximum Gasteiger partial charge on any atom is 0.245 e. The monoisotopic (exact) mass is 393 g/mol. The van der Waals surface area contributed by atoms with Crippen LogP contribution in [-0.4, -0.2) is 40.7 Å². The number of nitrogens with zero attached hydrogens (tertiary/aromatic N) is 1. The van der Waals surface area contributed by atoms with Crippen LogP contribution in [0.1, 0.15) is 64.2 Å². The summed E-state index contributed by atoms with van der Waals surface area (Å²) in [6.07, 6.45) is 5.98. The molecule has 0 saturated heterocycles. The molecule has 1 aromatic heterocycles. The van der Waals surface area contributed by atoms with Crippen molar-refractivity contribution in [2.45, 2.75) is 77.4 Å². The van der Waals surface area contributed by atoms with Gasteiger partial charge < -0.3 is 15.5 Å². The zero-order valence-corrected chi connectivity index (χ0v) is 17.4. The summed E-state index contributed by atoms with van der Waals surface area (Å²) in [5, 5.41) is 7.69. The van der Waals surface area contributed by atoms with E-state index in [2.05, 4.69) is 10.6 Å². The van der Waals surface area contributed by atoms with Crippen LogP contribution >= 0.6 is 11.3 Å². The molecule has 1 aliphatic carbocycles. The van der Waals surface area contributed by atoms with Crippen molar-refractivity contribution in [3.05, 3.63) is 22.4 Å². The Morgan fingerprint density at radius 3 is 2.52 bits per heavy atom. The third kappa shape index (κ3) is 5.79. The predicted octanol–water partition coefficient (Wildman–Crippen LogP) is 2.83. The van der Waals surface area contributed by atoms with Gasteiger partial charge in [0.1, 0.15) is 5.54 Å². The second-order valence-corrected chi connectivity index (χ2v) is 8.44. The Kier molecular flexibility index (Phi) is 7.83. The molecule has 1 heterocycles. The second kappa shape index (κ2) is 9.88. The average Bonchev–Trinajstić information content (AvgIpc) is 3.17. The van der Waals surface area contributed by atoms with Crippen LogP contribution in [0, 0.1) is 0 Å². The summed E-state index contributed by atoms with van der Waals surface area (Å²) >= 11 is 1.55. The van der Waals surface area contributed by atoms with Crippen LogP contribution in [0.2, 0.25) is 0 Å². The van der Waals surface area contributed by atoms with Crippen molar-refractivity contribution in [2.75, 3.05) is 6.54 Å². The molecule has 2 N–H and O–H groups in total. The van der Waals surface area contributed by atoms with Gasteiger partial charge in [0, 0.05) is 17.8 Å². The van der Waals surface area contributed by atoms with Crippen LogP contribution in [-0.2, 0) is 20.9 Å². The zero-order chi connectivity index (χ0) is 19.9. The molecule has 0 radical (unpaired) electrons. The Labute approximate surface area is 165 Å². The van der Waals surface area contributed by atoms with Gasteiger partial charge in [-0.15, -0.1) is 11.3 Å². The molecule has 0 unspecified atom stereocenters. The number of rotatable bonds is 8. The minimum absolute atomic E-state index is 0.104. The van der Waals surface area contributed by atoms with Gasteiger partial charge in [0.05, 0.1) is 13.1 Å². The molecule has 6 nitrogen and oxygen atoms in total. The summed E-state index contributed by atoms with van der Waals surface area (Å²) in [5.74, 6) is -0.615. The van der Waals surface area contributed by atoms with Crippen molar-refractivity contribution in [2.24, 2.45) is 0 Å². The van der Waals surface area contributed by atoms with E-state index in [4.69, 9.17) is 0 Å². The normalized spacial score (nSPS) is 17.0. The molecule has 3 amide bonds. The van der Waals surface area contributed by atoms with Crippen molar-refractivity contribution >= 4 is 29.1 Å². The molecule has 150 valence electrons. The van der Waals surface area contributed by atoms with Crippen LogP contribution in [0.4, 0.5) is 0 Å². The highest BCUT2D eigenvalue weighted by Crippen LogP contribution is 2.26. The van der Waals surface area contributed by atoms with Crippen LogP contribution < -0.4 is 10.6 Å². The van der Waals surface area contributed by atoms with Crippen molar-refractivity contribution in [1.29, 1.82) is 0 Å². The number of thiophene rings is 1. The number of carbonyl (C=O) groups excluding carboxylic acids is 3. The first-order valence-electron chi connectivity index (χ1n) is 9.75. The highest BCUT2D eigenvalue weighted by molar-refractivity contribution is 7.09. The Morgan fingerprint density at radius 1 is 1.26 bits per heavy atom. The fourth-order valence-corrected chi connectivity index (χ4v) is 4.15. The third-order valence-corrected chi connectivity index (χ3v) is 6.26. The first-order valence-corrected chi connectivity index (χ1v) is 10.6. The minimum atomic E-state index is -0.961. The fourth-order valence-electron chi connectivity index (χ4n) is 3.45. The summed E-state index contributed by atoms with van der Waals surface area (Å²) in [6.45, 7) is 5.38. The third-order valence-electron chi connectivity index (χ3n) is 5.40. The van der Waals surface area contributed by atoms with Gasteiger partial charge in [0.15, 0.2) is 0 Å². The molecule has 1 aliphatic rings. The van der Waals surface area contributed by atoms with Gasteiger partial charge in [0.2, 0.25) is 17.7 Å². The highest BCUT2D eigenvalue weighted by atomic mass is 32.1. The van der Waals surface area contributed by atoms with E-state index in [9.17, 15) is 14.4 Å². The van der Waals surface area contributed by atoms with Crippen LogP contribution in [0.5, 0.6) is 0 Å². The zero-order valence-electron chi connectivity index (χ0n) is 16.5. The van der Waals surface area contributed by atoms with Crippen molar-refractivity contribution in [1.82, 2.24) is 15.5 Å². The van der Waals surface area contributed by atoms with Crippen LogP contribution in [0.15, 0.2) is 17.5 Å². The molecule has 0 aliphatic heterocycles. The molecule has 0 bridgehead atoms. The Bertz CT molecular complexity index is 641.